The first kappa shape index (κ1) is 37.7. The summed E-state index contributed by atoms with van der Waals surface area (Å²) < 4.78 is 0. The second-order valence-electron chi connectivity index (χ2n) is 14.6. The highest BCUT2D eigenvalue weighted by Crippen LogP contribution is 2.32. The van der Waals surface area contributed by atoms with Crippen molar-refractivity contribution >= 4 is 22.5 Å². The molecule has 2 nitrogen and oxygen atoms in total. The molecule has 0 fully saturated rings. The Labute approximate surface area is 344 Å². The van der Waals surface area contributed by atoms with E-state index in [1.807, 2.05) is 0 Å². The normalized spacial score (nSPS) is 10.7. The van der Waals surface area contributed by atoms with Crippen molar-refractivity contribution in [1.82, 2.24) is 0 Å². The molecule has 0 aliphatic rings. The zero-order chi connectivity index (χ0) is 39.2. The van der Waals surface area contributed by atoms with Gasteiger partial charge in [-0.15, -0.1) is 0 Å². The van der Waals surface area contributed by atoms with Gasteiger partial charge in [-0.3, -0.25) is 0 Å². The van der Waals surface area contributed by atoms with Crippen LogP contribution in [-0.2, 0) is 26.2 Å². The summed E-state index contributed by atoms with van der Waals surface area (Å²) in [7, 11) is 0. The van der Waals surface area contributed by atoms with Crippen molar-refractivity contribution in [2.24, 2.45) is 0 Å². The van der Waals surface area contributed by atoms with Gasteiger partial charge in [0.25, 0.3) is 0 Å². The average molecular weight is 749 g/mol. The zero-order valence-corrected chi connectivity index (χ0v) is 32.8. The van der Waals surface area contributed by atoms with E-state index in [1.165, 1.54) is 50.3 Å². The zero-order valence-electron chi connectivity index (χ0n) is 32.8. The van der Waals surface area contributed by atoms with E-state index in [-0.39, 0.29) is 0 Å². The van der Waals surface area contributed by atoms with E-state index in [4.69, 9.17) is 0 Å². The minimum Gasteiger partial charge on any atom is -0.363 e. The van der Waals surface area contributed by atoms with Crippen molar-refractivity contribution in [1.29, 1.82) is 0 Å². The van der Waals surface area contributed by atoms with Crippen molar-refractivity contribution in [3.05, 3.63) is 287 Å². The van der Waals surface area contributed by atoms with Gasteiger partial charge >= 0.3 is 0 Å². The quantitative estimate of drug-likeness (QED) is 0.0964. The van der Waals surface area contributed by atoms with E-state index in [0.29, 0.717) is 0 Å². The first-order valence-corrected chi connectivity index (χ1v) is 20.1. The van der Waals surface area contributed by atoms with Crippen molar-refractivity contribution in [2.75, 3.05) is 9.80 Å². The molecule has 282 valence electrons. The Morgan fingerprint density at radius 3 is 0.741 bits per heavy atom. The minimum atomic E-state index is 0.821. The Bertz CT molecular complexity index is 2240. The molecular weight excluding hydrogens is 701 g/mol. The molecule has 58 heavy (non-hydrogen) atoms. The number of rotatable bonds is 15. The van der Waals surface area contributed by atoms with Gasteiger partial charge in [0.15, 0.2) is 0 Å². The van der Waals surface area contributed by atoms with E-state index in [1.54, 1.807) is 0 Å². The van der Waals surface area contributed by atoms with Crippen LogP contribution < -0.4 is 9.80 Å². The first-order chi connectivity index (χ1) is 28.7. The first-order valence-electron chi connectivity index (χ1n) is 20.1. The van der Waals surface area contributed by atoms with Crippen LogP contribution in [0.2, 0.25) is 0 Å². The molecule has 0 aromatic heterocycles. The average Bonchev–Trinajstić information content (AvgIpc) is 3.30. The third kappa shape index (κ3) is 9.98. The predicted molar refractivity (Wildman–Crippen MR) is 245 cm³/mol. The lowest BCUT2D eigenvalue weighted by atomic mass is 9.93. The van der Waals surface area contributed by atoms with E-state index < -0.39 is 0 Å². The Balaban J connectivity index is 1.18. The Morgan fingerprint density at radius 1 is 0.259 bits per heavy atom. The topological polar surface area (TPSA) is 6.48 Å². The third-order valence-electron chi connectivity index (χ3n) is 10.5. The van der Waals surface area contributed by atoms with Gasteiger partial charge in [0, 0.05) is 37.6 Å². The van der Waals surface area contributed by atoms with Crippen molar-refractivity contribution < 1.29 is 0 Å². The molecule has 8 rings (SSSR count). The van der Waals surface area contributed by atoms with Crippen LogP contribution in [0.3, 0.4) is 0 Å². The van der Waals surface area contributed by atoms with E-state index >= 15 is 0 Å². The van der Waals surface area contributed by atoms with Crippen LogP contribution in [-0.4, -0.2) is 0 Å². The molecule has 0 radical (unpaired) electrons. The van der Waals surface area contributed by atoms with E-state index in [0.717, 1.165) is 42.9 Å². The molecule has 0 unspecified atom stereocenters. The van der Waals surface area contributed by atoms with Crippen molar-refractivity contribution in [3.63, 3.8) is 0 Å². The molecule has 0 heterocycles. The Morgan fingerprint density at radius 2 is 0.483 bits per heavy atom. The van der Waals surface area contributed by atoms with E-state index in [9.17, 15) is 0 Å². The van der Waals surface area contributed by atoms with Gasteiger partial charge in [0.05, 0.1) is 0 Å². The fourth-order valence-corrected chi connectivity index (χ4v) is 7.52. The predicted octanol–water partition coefficient (Wildman–Crippen LogP) is 13.7. The SMILES string of the molecule is C(C=C(c1ccc(N(Cc2ccccc2)Cc2ccccc2)cc1)c1ccc(N(Cc2ccccc2)Cc2ccccc2)cc1)=C(c1ccccc1)c1ccccc1. The van der Waals surface area contributed by atoms with Crippen LogP contribution >= 0.6 is 0 Å². The fourth-order valence-electron chi connectivity index (χ4n) is 7.52. The van der Waals surface area contributed by atoms with Crippen molar-refractivity contribution in [2.45, 2.75) is 26.2 Å². The number of nitrogens with zero attached hydrogens (tertiary/aromatic N) is 2. The monoisotopic (exact) mass is 748 g/mol. The van der Waals surface area contributed by atoms with Crippen LogP contribution in [0.15, 0.2) is 243 Å². The summed E-state index contributed by atoms with van der Waals surface area (Å²) in [5.41, 5.74) is 14.6. The molecule has 0 atom stereocenters. The fraction of sp³-hybridized carbons (Fsp3) is 0.0714. The van der Waals surface area contributed by atoms with E-state index in [2.05, 4.69) is 252 Å². The maximum absolute atomic E-state index is 2.46. The molecule has 2 heteroatoms. The third-order valence-corrected chi connectivity index (χ3v) is 10.5. The summed E-state index contributed by atoms with van der Waals surface area (Å²) in [6.07, 6.45) is 4.59. The molecule has 0 aliphatic carbocycles. The lowest BCUT2D eigenvalue weighted by Crippen LogP contribution is -2.22. The number of benzene rings is 8. The molecule has 8 aromatic rings. The molecule has 0 bridgehead atoms. The highest BCUT2D eigenvalue weighted by atomic mass is 15.1. The summed E-state index contributed by atoms with van der Waals surface area (Å²) in [5, 5.41) is 0. The minimum absolute atomic E-state index is 0.821. The Kier molecular flexibility index (Phi) is 12.4. The lowest BCUT2D eigenvalue weighted by Gasteiger charge is -2.26. The highest BCUT2D eigenvalue weighted by molar-refractivity contribution is 5.87. The molecule has 0 saturated heterocycles. The van der Waals surface area contributed by atoms with Gasteiger partial charge in [-0.2, -0.15) is 0 Å². The second kappa shape index (κ2) is 19.1. The molecule has 8 aromatic carbocycles. The van der Waals surface area contributed by atoms with Gasteiger partial charge in [-0.05, 0) is 79.9 Å². The van der Waals surface area contributed by atoms with Crippen LogP contribution in [0, 0.1) is 0 Å². The van der Waals surface area contributed by atoms with Gasteiger partial charge < -0.3 is 9.80 Å². The van der Waals surface area contributed by atoms with Gasteiger partial charge in [0.1, 0.15) is 0 Å². The number of hydrogen-bond acceptors (Lipinski definition) is 2. The second-order valence-corrected chi connectivity index (χ2v) is 14.6. The Hall–Kier alpha value is -7.16. The van der Waals surface area contributed by atoms with Crippen LogP contribution in [0.5, 0.6) is 0 Å². The van der Waals surface area contributed by atoms with Gasteiger partial charge in [0.2, 0.25) is 0 Å². The summed E-state index contributed by atoms with van der Waals surface area (Å²) >= 11 is 0. The largest absolute Gasteiger partial charge is 0.363 e. The maximum Gasteiger partial charge on any atom is 0.0433 e. The summed E-state index contributed by atoms with van der Waals surface area (Å²) in [4.78, 5) is 4.92. The lowest BCUT2D eigenvalue weighted by molar-refractivity contribution is 0.800. The summed E-state index contributed by atoms with van der Waals surface area (Å²) in [6.45, 7) is 3.29. The van der Waals surface area contributed by atoms with Crippen molar-refractivity contribution in [3.8, 4) is 0 Å². The highest BCUT2D eigenvalue weighted by Gasteiger charge is 2.14. The molecule has 0 N–H and O–H groups in total. The molecule has 0 spiro atoms. The van der Waals surface area contributed by atoms with Crippen LogP contribution in [0.25, 0.3) is 11.1 Å². The molecule has 0 amide bonds. The standard InChI is InChI=1S/C56H48N2/c1-7-19-45(20-8-1)41-57(42-46-21-9-2-10-22-46)53-35-31-51(32-36-53)56(40-39-55(49-27-15-5-16-28-49)50-29-17-6-18-30-50)52-33-37-54(38-34-52)58(43-47-23-11-3-12-24-47)44-48-25-13-4-14-26-48/h1-40H,41-44H2. The van der Waals surface area contributed by atoms with Crippen LogP contribution in [0.1, 0.15) is 44.5 Å². The van der Waals surface area contributed by atoms with Crippen LogP contribution in [0.4, 0.5) is 11.4 Å². The number of allylic oxidation sites excluding steroid dienone is 2. The molecular formula is C56H48N2. The summed E-state index contributed by atoms with van der Waals surface area (Å²) in [5.74, 6) is 0. The van der Waals surface area contributed by atoms with Gasteiger partial charge in [-0.25, -0.2) is 0 Å². The molecule has 0 aliphatic heterocycles. The van der Waals surface area contributed by atoms with Gasteiger partial charge in [-0.1, -0.05) is 218 Å². The molecule has 0 saturated carbocycles. The number of hydrogen-bond donors (Lipinski definition) is 0. The number of anilines is 2. The maximum atomic E-state index is 2.46. The smallest absolute Gasteiger partial charge is 0.0433 e. The summed E-state index contributed by atoms with van der Waals surface area (Å²) in [6, 6.07) is 82.6.